The second kappa shape index (κ2) is 9.92. The topological polar surface area (TPSA) is 58.6 Å². The fraction of sp³-hybridized carbons (Fsp3) is 0.231. The summed E-state index contributed by atoms with van der Waals surface area (Å²) in [7, 11) is 1.62. The normalized spacial score (nSPS) is 16.6. The maximum Gasteiger partial charge on any atom is 0.238 e. The molecule has 5 nitrogen and oxygen atoms in total. The zero-order valence-electron chi connectivity index (χ0n) is 18.2. The van der Waals surface area contributed by atoms with Crippen molar-refractivity contribution < 1.29 is 14.3 Å². The average Bonchev–Trinajstić information content (AvgIpc) is 3.22. The van der Waals surface area contributed by atoms with E-state index in [0.717, 1.165) is 34.7 Å². The van der Waals surface area contributed by atoms with Crippen LogP contribution in [0.1, 0.15) is 35.8 Å². The van der Waals surface area contributed by atoms with Crippen LogP contribution in [0.25, 0.3) is 0 Å². The molecule has 2 atom stereocenters. The number of hydrogen-bond acceptors (Lipinski definition) is 4. The van der Waals surface area contributed by atoms with Gasteiger partial charge in [0.2, 0.25) is 11.8 Å². The summed E-state index contributed by atoms with van der Waals surface area (Å²) in [6.45, 7) is 2.02. The number of nitrogens with zero attached hydrogens (tertiary/aromatic N) is 1. The molecule has 0 radical (unpaired) electrons. The predicted molar refractivity (Wildman–Crippen MR) is 130 cm³/mol. The molecule has 3 aromatic rings. The lowest BCUT2D eigenvalue weighted by atomic mass is 9.95. The van der Waals surface area contributed by atoms with E-state index in [0.29, 0.717) is 5.75 Å². The van der Waals surface area contributed by atoms with Gasteiger partial charge in [0.1, 0.15) is 11.1 Å². The number of carbonyl (C=O) groups excluding carboxylic acids is 2. The zero-order valence-corrected chi connectivity index (χ0v) is 19.0. The van der Waals surface area contributed by atoms with Crippen molar-refractivity contribution in [3.05, 3.63) is 90.0 Å². The van der Waals surface area contributed by atoms with E-state index < -0.39 is 0 Å². The van der Waals surface area contributed by atoms with E-state index in [9.17, 15) is 9.59 Å². The van der Waals surface area contributed by atoms with Crippen LogP contribution in [0.2, 0.25) is 0 Å². The van der Waals surface area contributed by atoms with E-state index in [4.69, 9.17) is 4.74 Å². The first-order chi connectivity index (χ1) is 15.6. The summed E-state index contributed by atoms with van der Waals surface area (Å²) in [6.07, 6.45) is 0.728. The highest BCUT2D eigenvalue weighted by molar-refractivity contribution is 8.00. The second-order valence-electron chi connectivity index (χ2n) is 7.61. The fourth-order valence-corrected chi connectivity index (χ4v) is 5.09. The second-order valence-corrected chi connectivity index (χ2v) is 8.68. The van der Waals surface area contributed by atoms with Gasteiger partial charge in [-0.2, -0.15) is 0 Å². The number of nitrogens with one attached hydrogen (secondary N) is 1. The summed E-state index contributed by atoms with van der Waals surface area (Å²) < 4.78 is 5.22. The molecule has 1 N–H and O–H groups in total. The highest BCUT2D eigenvalue weighted by Crippen LogP contribution is 2.42. The van der Waals surface area contributed by atoms with Crippen molar-refractivity contribution in [3.63, 3.8) is 0 Å². The number of methoxy groups -OCH3 is 1. The van der Waals surface area contributed by atoms with Gasteiger partial charge in [0, 0.05) is 11.4 Å². The van der Waals surface area contributed by atoms with E-state index in [1.807, 2.05) is 90.7 Å². The summed E-state index contributed by atoms with van der Waals surface area (Å²) in [5, 5.41) is 2.93. The number of rotatable bonds is 7. The molecule has 0 unspecified atom stereocenters. The van der Waals surface area contributed by atoms with Crippen LogP contribution >= 0.6 is 11.8 Å². The van der Waals surface area contributed by atoms with Crippen molar-refractivity contribution in [3.8, 4) is 5.75 Å². The Labute approximate surface area is 192 Å². The molecule has 1 aliphatic heterocycles. The molecule has 0 aromatic heterocycles. The minimum Gasteiger partial charge on any atom is -0.497 e. The number of carbonyl (C=O) groups is 2. The Morgan fingerprint density at radius 1 is 1.06 bits per heavy atom. The molecular formula is C26H26N2O3S. The molecule has 0 spiro atoms. The number of thioether (sulfide) groups is 1. The van der Waals surface area contributed by atoms with Gasteiger partial charge in [-0.25, -0.2) is 0 Å². The first-order valence-corrected chi connectivity index (χ1v) is 11.7. The molecule has 2 amide bonds. The monoisotopic (exact) mass is 446 g/mol. The van der Waals surface area contributed by atoms with Gasteiger partial charge in [-0.1, -0.05) is 49.4 Å². The predicted octanol–water partition coefficient (Wildman–Crippen LogP) is 5.61. The van der Waals surface area contributed by atoms with Gasteiger partial charge in [-0.15, -0.1) is 11.8 Å². The van der Waals surface area contributed by atoms with Crippen molar-refractivity contribution in [1.82, 2.24) is 0 Å². The lowest BCUT2D eigenvalue weighted by Gasteiger charge is -2.24. The SMILES string of the molecule is CC[C@@H](C(=O)Nc1ccc([C@H]2SCC(=O)N2c2ccc(OC)cc2)cc1)c1ccccc1. The molecule has 164 valence electrons. The van der Waals surface area contributed by atoms with Crippen LogP contribution in [0.15, 0.2) is 78.9 Å². The molecule has 1 heterocycles. The summed E-state index contributed by atoms with van der Waals surface area (Å²) in [4.78, 5) is 27.2. The van der Waals surface area contributed by atoms with Crippen molar-refractivity contribution in [2.75, 3.05) is 23.1 Å². The van der Waals surface area contributed by atoms with Crippen molar-refractivity contribution in [1.29, 1.82) is 0 Å². The number of ether oxygens (including phenoxy) is 1. The van der Waals surface area contributed by atoms with Gasteiger partial charge in [-0.3, -0.25) is 14.5 Å². The van der Waals surface area contributed by atoms with E-state index in [1.54, 1.807) is 18.9 Å². The first-order valence-electron chi connectivity index (χ1n) is 10.6. The Kier molecular flexibility index (Phi) is 6.81. The standard InChI is InChI=1S/C26H26N2O3S/c1-3-23(18-7-5-4-6-8-18)25(30)27-20-11-9-19(10-12-20)26-28(24(29)17-32-26)21-13-15-22(31-2)16-14-21/h4-16,23,26H,3,17H2,1-2H3,(H,27,30)/t23-,26-/m1/s1. The van der Waals surface area contributed by atoms with Gasteiger partial charge in [0.05, 0.1) is 18.8 Å². The molecular weight excluding hydrogens is 420 g/mol. The third-order valence-corrected chi connectivity index (χ3v) is 6.82. The number of benzene rings is 3. The minimum atomic E-state index is -0.190. The highest BCUT2D eigenvalue weighted by atomic mass is 32.2. The first kappa shape index (κ1) is 22.0. The average molecular weight is 447 g/mol. The Bertz CT molecular complexity index is 1070. The summed E-state index contributed by atoms with van der Waals surface area (Å²) >= 11 is 1.60. The van der Waals surface area contributed by atoms with E-state index in [1.165, 1.54) is 0 Å². The van der Waals surface area contributed by atoms with Crippen LogP contribution in [0.3, 0.4) is 0 Å². The molecule has 4 rings (SSSR count). The Morgan fingerprint density at radius 2 is 1.75 bits per heavy atom. The van der Waals surface area contributed by atoms with Crippen LogP contribution in [0, 0.1) is 0 Å². The van der Waals surface area contributed by atoms with Crippen LogP contribution in [-0.2, 0) is 9.59 Å². The number of hydrogen-bond donors (Lipinski definition) is 1. The Hall–Kier alpha value is -3.25. The van der Waals surface area contributed by atoms with Gasteiger partial charge < -0.3 is 10.1 Å². The van der Waals surface area contributed by atoms with Crippen LogP contribution in [0.4, 0.5) is 11.4 Å². The maximum atomic E-state index is 12.8. The van der Waals surface area contributed by atoms with Crippen molar-refractivity contribution >= 4 is 35.0 Å². The Balaban J connectivity index is 1.48. The zero-order chi connectivity index (χ0) is 22.5. The van der Waals surface area contributed by atoms with E-state index in [2.05, 4.69) is 5.32 Å². The summed E-state index contributed by atoms with van der Waals surface area (Å²) in [6, 6.07) is 25.1. The molecule has 0 aliphatic carbocycles. The molecule has 0 saturated carbocycles. The van der Waals surface area contributed by atoms with Crippen molar-refractivity contribution in [2.45, 2.75) is 24.6 Å². The molecule has 1 saturated heterocycles. The summed E-state index contributed by atoms with van der Waals surface area (Å²) in [5.74, 6) is 1.06. The van der Waals surface area contributed by atoms with Crippen molar-refractivity contribution in [2.24, 2.45) is 0 Å². The highest BCUT2D eigenvalue weighted by Gasteiger charge is 2.34. The Morgan fingerprint density at radius 3 is 2.38 bits per heavy atom. The van der Waals surface area contributed by atoms with Crippen LogP contribution in [0.5, 0.6) is 5.75 Å². The molecule has 1 aliphatic rings. The van der Waals surface area contributed by atoms with Gasteiger partial charge in [0.15, 0.2) is 0 Å². The number of amides is 2. The minimum absolute atomic E-state index is 0.0169. The van der Waals surface area contributed by atoms with Gasteiger partial charge in [0.25, 0.3) is 0 Å². The largest absolute Gasteiger partial charge is 0.497 e. The van der Waals surface area contributed by atoms with E-state index >= 15 is 0 Å². The van der Waals surface area contributed by atoms with E-state index in [-0.39, 0.29) is 23.1 Å². The molecule has 0 bridgehead atoms. The van der Waals surface area contributed by atoms with Crippen LogP contribution < -0.4 is 15.0 Å². The number of anilines is 2. The maximum absolute atomic E-state index is 12.8. The molecule has 1 fully saturated rings. The van der Waals surface area contributed by atoms with Gasteiger partial charge in [-0.05, 0) is 53.9 Å². The molecule has 6 heteroatoms. The van der Waals surface area contributed by atoms with Crippen LogP contribution in [-0.4, -0.2) is 24.7 Å². The smallest absolute Gasteiger partial charge is 0.238 e. The van der Waals surface area contributed by atoms with Gasteiger partial charge >= 0.3 is 0 Å². The lowest BCUT2D eigenvalue weighted by molar-refractivity contribution is -0.118. The fourth-order valence-electron chi connectivity index (χ4n) is 3.91. The molecule has 32 heavy (non-hydrogen) atoms. The quantitative estimate of drug-likeness (QED) is 0.513. The molecule has 3 aromatic carbocycles. The third kappa shape index (κ3) is 4.65. The third-order valence-electron chi connectivity index (χ3n) is 5.61. The summed E-state index contributed by atoms with van der Waals surface area (Å²) in [5.41, 5.74) is 3.63. The lowest BCUT2D eigenvalue weighted by Crippen LogP contribution is -2.27.